The first-order chi connectivity index (χ1) is 44.2. The Morgan fingerprint density at radius 2 is 0.849 bits per heavy atom. The molecule has 4 aliphatic rings. The van der Waals surface area contributed by atoms with Gasteiger partial charge in [-0.1, -0.05) is 11.4 Å². The fourth-order valence-electron chi connectivity index (χ4n) is 10.3. The van der Waals surface area contributed by atoms with E-state index in [1.807, 2.05) is 0 Å². The topological polar surface area (TPSA) is 524 Å². The van der Waals surface area contributed by atoms with E-state index in [1.165, 1.54) is 27.4 Å². The molecule has 4 rings (SSSR count). The van der Waals surface area contributed by atoms with Crippen LogP contribution < -0.4 is 42.5 Å². The lowest BCUT2D eigenvalue weighted by Gasteiger charge is -2.42. The number of rotatable bonds is 41. The molecule has 1 aliphatic carbocycles. The summed E-state index contributed by atoms with van der Waals surface area (Å²) in [6.45, 7) is -0.987. The predicted octanol–water partition coefficient (Wildman–Crippen LogP) is -7.44. The molecule has 0 aromatic heterocycles. The number of carbonyl (C=O) groups is 8. The fraction of sp³-hybridized carbons (Fsp3) is 0.855. The molecule has 93 heavy (non-hydrogen) atoms. The van der Waals surface area contributed by atoms with E-state index in [2.05, 4.69) is 42.5 Å². The Bertz CT molecular complexity index is 2380. The second-order valence-electron chi connectivity index (χ2n) is 22.5. The van der Waals surface area contributed by atoms with E-state index in [1.54, 1.807) is 6.26 Å². The fourth-order valence-corrected chi connectivity index (χ4v) is 11.8. The van der Waals surface area contributed by atoms with Crippen LogP contribution in [-0.2, 0) is 90.1 Å². The first-order valence-electron chi connectivity index (χ1n) is 30.7. The molecule has 1 saturated carbocycles. The average molecular weight is 1380 g/mol. The van der Waals surface area contributed by atoms with Crippen molar-refractivity contribution < 1.29 is 136 Å². The van der Waals surface area contributed by atoms with Crippen molar-refractivity contribution in [2.45, 2.75) is 182 Å². The molecular formula is C55H97N8O28PS. The molecule has 3 aliphatic heterocycles. The summed E-state index contributed by atoms with van der Waals surface area (Å²) in [6, 6.07) is -6.19. The van der Waals surface area contributed by atoms with Crippen LogP contribution in [0.1, 0.15) is 72.1 Å². The Hall–Kier alpha value is -4.42. The van der Waals surface area contributed by atoms with E-state index in [0.717, 1.165) is 11.4 Å². The monoisotopic (exact) mass is 1380 g/mol. The first-order valence-corrected chi connectivity index (χ1v) is 34.6. The number of amides is 8. The van der Waals surface area contributed by atoms with Gasteiger partial charge in [-0.25, -0.2) is 0 Å². The van der Waals surface area contributed by atoms with E-state index >= 15 is 0 Å². The Morgan fingerprint density at radius 3 is 1.20 bits per heavy atom. The van der Waals surface area contributed by atoms with Crippen molar-refractivity contribution in [3.05, 3.63) is 0 Å². The maximum atomic E-state index is 13.8. The molecule has 0 spiro atoms. The molecule has 17 N–H and O–H groups in total. The third-order valence-electron chi connectivity index (χ3n) is 15.3. The second kappa shape index (κ2) is 42.3. The molecule has 38 heteroatoms. The lowest BCUT2D eigenvalue weighted by Crippen LogP contribution is -2.64. The highest BCUT2D eigenvalue weighted by Crippen LogP contribution is 2.56. The van der Waals surface area contributed by atoms with Crippen LogP contribution in [0.2, 0.25) is 0 Å². The molecule has 18 unspecified atom stereocenters. The van der Waals surface area contributed by atoms with E-state index in [-0.39, 0.29) is 104 Å². The molecule has 0 radical (unpaired) electrons. The molecule has 4 fully saturated rings. The van der Waals surface area contributed by atoms with Crippen molar-refractivity contribution in [1.82, 2.24) is 42.5 Å². The number of aliphatic hydroxyl groups excluding tert-OH is 9. The van der Waals surface area contributed by atoms with Crippen molar-refractivity contribution in [2.24, 2.45) is 5.92 Å². The molecule has 0 aromatic rings. The van der Waals surface area contributed by atoms with Gasteiger partial charge in [-0.3, -0.25) is 42.9 Å². The zero-order chi connectivity index (χ0) is 68.8. The number of aliphatic hydroxyl groups is 9. The number of nitrogens with one attached hydrogen (secondary N) is 8. The summed E-state index contributed by atoms with van der Waals surface area (Å²) >= 11 is 1.11. The average Bonchev–Trinajstić information content (AvgIpc) is 0.867. The molecule has 0 aromatic carbocycles. The van der Waals surface area contributed by atoms with E-state index in [0.29, 0.717) is 25.7 Å². The smallest absolute Gasteiger partial charge is 0.254 e. The zero-order valence-electron chi connectivity index (χ0n) is 52.9. The molecule has 536 valence electrons. The van der Waals surface area contributed by atoms with Crippen molar-refractivity contribution in [3.63, 3.8) is 0 Å². The normalized spacial score (nSPS) is 30.1. The Kier molecular flexibility index (Phi) is 36.8. The maximum Gasteiger partial charge on any atom is 0.254 e. The van der Waals surface area contributed by atoms with Crippen LogP contribution in [0.15, 0.2) is 0 Å². The highest BCUT2D eigenvalue weighted by molar-refractivity contribution is 8.56. The van der Waals surface area contributed by atoms with Gasteiger partial charge in [0.05, 0.1) is 85.4 Å². The molecule has 8 amide bonds. The van der Waals surface area contributed by atoms with Gasteiger partial charge >= 0.3 is 0 Å². The molecule has 3 saturated heterocycles. The Balaban J connectivity index is 1.36. The third kappa shape index (κ3) is 27.9. The Labute approximate surface area is 542 Å². The van der Waals surface area contributed by atoms with Crippen LogP contribution in [0.25, 0.3) is 0 Å². The maximum absolute atomic E-state index is 13.8. The minimum atomic E-state index is -2.91. The van der Waals surface area contributed by atoms with Crippen LogP contribution in [0.3, 0.4) is 0 Å². The van der Waals surface area contributed by atoms with Crippen LogP contribution in [0.5, 0.6) is 0 Å². The number of carbonyl (C=O) groups excluding carboxylic acids is 8. The molecule has 0 bridgehead atoms. The van der Waals surface area contributed by atoms with Gasteiger partial charge in [0.2, 0.25) is 47.3 Å². The summed E-state index contributed by atoms with van der Waals surface area (Å²) in [5, 5.41) is 112. The zero-order valence-corrected chi connectivity index (χ0v) is 54.6. The summed E-state index contributed by atoms with van der Waals surface area (Å²) in [5.41, 5.74) is 0. The van der Waals surface area contributed by atoms with Gasteiger partial charge in [-0.05, 0) is 44.8 Å². The molecule has 18 atom stereocenters. The molecule has 36 nitrogen and oxygen atoms in total. The first kappa shape index (κ1) is 81.0. The van der Waals surface area contributed by atoms with Gasteiger partial charge in [-0.2, -0.15) is 0 Å². The van der Waals surface area contributed by atoms with Crippen molar-refractivity contribution in [3.8, 4) is 0 Å². The minimum absolute atomic E-state index is 0.0217. The lowest BCUT2D eigenvalue weighted by molar-refractivity contribution is -0.272. The standard InChI is InChI=1S/C55H97N8O28PS/c1-29(67)59-41-47(75)44(72)36(26-64)88-53(41)85-23-20-82-17-14-56-39(70)12-10-34(51(79)57-15-18-83-21-24-86-54-42(60-30(2)68)48(76)45(73)37(27-65)89-54)62-40(71)13-11-35(63-50(78)32-6-8-33(9-7-32)91-92(4,81)93-5)52(80)58-16-19-84-22-25-87-55-43(61-31(3)69)49(77)46(74)38(28-66)90-55/h32-38,41-49,53-55,64-66,72-77H,6-28H2,1-5H3,(H,56,70)(H,57,79)(H,58,80)(H,59,67)(H,60,68)(H,61,69)(H,62,71)(H,63,78)/t32-,33+,34?,35?,36?,37?,38?,41?,42?,43?,44?,45?,46?,47?,48?,49?,53?,54?,55?,92?. The summed E-state index contributed by atoms with van der Waals surface area (Å²) in [5.74, 6) is -5.41. The van der Waals surface area contributed by atoms with Crippen molar-refractivity contribution in [1.29, 1.82) is 0 Å². The highest BCUT2D eigenvalue weighted by atomic mass is 32.7. The molecule has 3 heterocycles. The summed E-state index contributed by atoms with van der Waals surface area (Å²) in [7, 11) is 0. The van der Waals surface area contributed by atoms with Crippen molar-refractivity contribution in [2.75, 3.05) is 112 Å². The number of hydrogen-bond acceptors (Lipinski definition) is 29. The van der Waals surface area contributed by atoms with Crippen molar-refractivity contribution >= 4 is 65.2 Å². The number of ether oxygens (including phenoxy) is 9. The summed E-state index contributed by atoms with van der Waals surface area (Å²) in [6.07, 6.45) is -15.0. The summed E-state index contributed by atoms with van der Waals surface area (Å²) in [4.78, 5) is 104. The van der Waals surface area contributed by atoms with Gasteiger partial charge in [-0.15, -0.1) is 0 Å². The van der Waals surface area contributed by atoms with E-state index < -0.39 is 190 Å². The van der Waals surface area contributed by atoms with Crippen LogP contribution in [0.4, 0.5) is 0 Å². The van der Waals surface area contributed by atoms with Crippen LogP contribution in [-0.4, -0.2) is 315 Å². The number of hydrogen-bond donors (Lipinski definition) is 17. The summed E-state index contributed by atoms with van der Waals surface area (Å²) < 4.78 is 68.7. The Morgan fingerprint density at radius 1 is 0.495 bits per heavy atom. The predicted molar refractivity (Wildman–Crippen MR) is 322 cm³/mol. The largest absolute Gasteiger partial charge is 0.394 e. The minimum Gasteiger partial charge on any atom is -0.394 e. The van der Waals surface area contributed by atoms with Gasteiger partial charge in [0.25, 0.3) is 6.57 Å². The quantitative estimate of drug-likeness (QED) is 0.0200. The van der Waals surface area contributed by atoms with Gasteiger partial charge in [0.15, 0.2) is 18.9 Å². The van der Waals surface area contributed by atoms with Crippen LogP contribution >= 0.6 is 18.0 Å². The van der Waals surface area contributed by atoms with Crippen LogP contribution in [0, 0.1) is 5.92 Å². The SMILES string of the molecule is CSP(C)(=O)O[C@H]1CC[C@@H](C(=O)NC(CCC(=O)NC(CCC(=O)NCCOCCOC2OC(CO)C(O)C(O)C2NC(C)=O)C(=O)NCCOCCOC2OC(CO)C(O)C(O)C2NC(C)=O)C(=O)NCCOCCOC2OC(CO)C(O)C(O)C2NC(C)=O)CC1. The van der Waals surface area contributed by atoms with E-state index in [4.69, 9.17) is 47.2 Å². The highest BCUT2D eigenvalue weighted by Gasteiger charge is 2.48. The van der Waals surface area contributed by atoms with Gasteiger partial charge < -0.3 is 136 Å². The second-order valence-corrected chi connectivity index (χ2v) is 27.7. The molecular weight excluding hydrogens is 1280 g/mol. The van der Waals surface area contributed by atoms with Gasteiger partial charge in [0.1, 0.15) is 85.1 Å². The third-order valence-corrected chi connectivity index (χ3v) is 18.9. The van der Waals surface area contributed by atoms with Gasteiger partial charge in [0, 0.05) is 65.8 Å². The van der Waals surface area contributed by atoms with E-state index in [9.17, 15) is 88.9 Å². The lowest BCUT2D eigenvalue weighted by atomic mass is 9.86.